The number of rotatable bonds is 7. The molecule has 0 bridgehead atoms. The molecule has 2 heterocycles. The number of nitrogens with zero attached hydrogens (tertiary/aromatic N) is 2. The molecule has 1 fully saturated rings. The molecule has 0 N–H and O–H groups in total. The number of aromatic nitrogens is 1. The Balaban J connectivity index is 1.54. The third kappa shape index (κ3) is 4.29. The normalized spacial score (nSPS) is 14.3. The fraction of sp³-hybridized carbons (Fsp3) is 0.375. The maximum atomic E-state index is 5.75. The average molecular weight is 393 g/mol. The number of hydrogen-bond acceptors (Lipinski definition) is 4. The van der Waals surface area contributed by atoms with Crippen LogP contribution in [-0.4, -0.2) is 29.1 Å². The van der Waals surface area contributed by atoms with E-state index in [4.69, 9.17) is 9.72 Å². The molecule has 0 radical (unpaired) electrons. The number of likely N-dealkylation sites (tertiary alicyclic amines) is 1. The lowest BCUT2D eigenvalue weighted by atomic mass is 10.0. The second-order valence-electron chi connectivity index (χ2n) is 7.70. The van der Waals surface area contributed by atoms with E-state index in [0.29, 0.717) is 0 Å². The van der Waals surface area contributed by atoms with Gasteiger partial charge >= 0.3 is 0 Å². The number of ether oxygens (including phenoxy) is 1. The zero-order chi connectivity index (χ0) is 19.5. The van der Waals surface area contributed by atoms with Crippen LogP contribution in [0.4, 0.5) is 0 Å². The lowest BCUT2D eigenvalue weighted by Crippen LogP contribution is -2.36. The highest BCUT2D eigenvalue weighted by atomic mass is 32.1. The molecule has 0 saturated carbocycles. The maximum Gasteiger partial charge on any atom is 0.124 e. The zero-order valence-corrected chi connectivity index (χ0v) is 17.8. The zero-order valence-electron chi connectivity index (χ0n) is 16.9. The molecular formula is C24H28N2OS. The number of benzene rings is 2. The van der Waals surface area contributed by atoms with Gasteiger partial charge in [-0.15, -0.1) is 11.3 Å². The molecule has 1 aliphatic rings. The minimum absolute atomic E-state index is 0.192. The lowest BCUT2D eigenvalue weighted by molar-refractivity contribution is 0.172. The summed E-state index contributed by atoms with van der Waals surface area (Å²) in [6, 6.07) is 15.2. The SMILES string of the molecule is CCc1cc(CN2CCC2)ccc1-c1ncc(-c2ccc(OC(C)C)cc2)s1. The molecule has 0 spiro atoms. The van der Waals surface area contributed by atoms with Crippen LogP contribution < -0.4 is 4.74 Å². The summed E-state index contributed by atoms with van der Waals surface area (Å²) in [5.41, 5.74) is 5.26. The van der Waals surface area contributed by atoms with Crippen molar-refractivity contribution >= 4 is 11.3 Å². The van der Waals surface area contributed by atoms with Crippen molar-refractivity contribution in [2.45, 2.75) is 46.3 Å². The monoisotopic (exact) mass is 392 g/mol. The van der Waals surface area contributed by atoms with Crippen molar-refractivity contribution in [3.05, 3.63) is 59.8 Å². The Morgan fingerprint density at radius 3 is 2.54 bits per heavy atom. The average Bonchev–Trinajstić information content (AvgIpc) is 3.14. The van der Waals surface area contributed by atoms with Crippen LogP contribution in [0.5, 0.6) is 5.75 Å². The van der Waals surface area contributed by atoms with Crippen molar-refractivity contribution in [3.63, 3.8) is 0 Å². The summed E-state index contributed by atoms with van der Waals surface area (Å²) in [4.78, 5) is 8.43. The van der Waals surface area contributed by atoms with Gasteiger partial charge in [-0.1, -0.05) is 25.1 Å². The van der Waals surface area contributed by atoms with Gasteiger partial charge in [-0.05, 0) is 80.7 Å². The van der Waals surface area contributed by atoms with Crippen LogP contribution in [-0.2, 0) is 13.0 Å². The molecule has 3 aromatic rings. The van der Waals surface area contributed by atoms with Crippen LogP contribution in [0.3, 0.4) is 0 Å². The molecule has 4 heteroatoms. The van der Waals surface area contributed by atoms with Gasteiger partial charge in [0.25, 0.3) is 0 Å². The van der Waals surface area contributed by atoms with E-state index in [0.717, 1.165) is 23.7 Å². The Morgan fingerprint density at radius 2 is 1.89 bits per heavy atom. The Morgan fingerprint density at radius 1 is 1.11 bits per heavy atom. The van der Waals surface area contributed by atoms with Gasteiger partial charge in [0.2, 0.25) is 0 Å². The highest BCUT2D eigenvalue weighted by molar-refractivity contribution is 7.18. The van der Waals surface area contributed by atoms with Crippen LogP contribution in [0.2, 0.25) is 0 Å². The second-order valence-corrected chi connectivity index (χ2v) is 8.73. The predicted octanol–water partition coefficient (Wildman–Crippen LogP) is 6.03. The van der Waals surface area contributed by atoms with E-state index < -0.39 is 0 Å². The van der Waals surface area contributed by atoms with Crippen molar-refractivity contribution in [3.8, 4) is 26.8 Å². The standard InChI is InChI=1S/C24H28N2OS/c1-4-19-14-18(16-26-12-5-13-26)6-11-22(19)24-25-15-23(28-24)20-7-9-21(10-8-20)27-17(2)3/h6-11,14-15,17H,4-5,12-13,16H2,1-3H3. The first-order valence-electron chi connectivity index (χ1n) is 10.2. The highest BCUT2D eigenvalue weighted by Gasteiger charge is 2.15. The van der Waals surface area contributed by atoms with Gasteiger partial charge in [-0.2, -0.15) is 0 Å². The van der Waals surface area contributed by atoms with Crippen LogP contribution in [0.1, 0.15) is 38.3 Å². The molecule has 146 valence electrons. The van der Waals surface area contributed by atoms with Crippen LogP contribution in [0.25, 0.3) is 21.0 Å². The molecule has 3 nitrogen and oxygen atoms in total. The van der Waals surface area contributed by atoms with Crippen molar-refractivity contribution < 1.29 is 4.74 Å². The first kappa shape index (κ1) is 19.2. The quantitative estimate of drug-likeness (QED) is 0.491. The number of thiazole rings is 1. The van der Waals surface area contributed by atoms with Crippen LogP contribution in [0, 0.1) is 0 Å². The van der Waals surface area contributed by atoms with Crippen molar-refractivity contribution in [1.29, 1.82) is 0 Å². The largest absolute Gasteiger partial charge is 0.491 e. The Labute approximate surface area is 172 Å². The van der Waals surface area contributed by atoms with E-state index in [-0.39, 0.29) is 6.10 Å². The smallest absolute Gasteiger partial charge is 0.124 e. The third-order valence-electron chi connectivity index (χ3n) is 5.15. The number of aryl methyl sites for hydroxylation is 1. The topological polar surface area (TPSA) is 25.4 Å². The summed E-state index contributed by atoms with van der Waals surface area (Å²) in [6.45, 7) is 9.86. The molecular weight excluding hydrogens is 364 g/mol. The molecule has 28 heavy (non-hydrogen) atoms. The van der Waals surface area contributed by atoms with Gasteiger partial charge in [-0.25, -0.2) is 4.98 Å². The maximum absolute atomic E-state index is 5.75. The fourth-order valence-electron chi connectivity index (χ4n) is 3.55. The minimum atomic E-state index is 0.192. The van der Waals surface area contributed by atoms with Gasteiger partial charge < -0.3 is 4.74 Å². The van der Waals surface area contributed by atoms with E-state index in [2.05, 4.69) is 42.2 Å². The first-order valence-corrected chi connectivity index (χ1v) is 11.0. The van der Waals surface area contributed by atoms with Crippen molar-refractivity contribution in [1.82, 2.24) is 9.88 Å². The summed E-state index contributed by atoms with van der Waals surface area (Å²) in [6.07, 6.45) is 4.55. The van der Waals surface area contributed by atoms with E-state index in [1.165, 1.54) is 46.6 Å². The van der Waals surface area contributed by atoms with E-state index in [1.807, 2.05) is 32.2 Å². The number of hydrogen-bond donors (Lipinski definition) is 0. The van der Waals surface area contributed by atoms with Crippen LogP contribution in [0.15, 0.2) is 48.7 Å². The molecule has 1 saturated heterocycles. The lowest BCUT2D eigenvalue weighted by Gasteiger charge is -2.30. The summed E-state index contributed by atoms with van der Waals surface area (Å²) in [5, 5.41) is 1.10. The molecule has 0 unspecified atom stereocenters. The molecule has 0 aliphatic carbocycles. The molecule has 2 aromatic carbocycles. The third-order valence-corrected chi connectivity index (χ3v) is 6.23. The van der Waals surface area contributed by atoms with Crippen molar-refractivity contribution in [2.75, 3.05) is 13.1 Å². The van der Waals surface area contributed by atoms with Gasteiger partial charge in [-0.3, -0.25) is 4.90 Å². The van der Waals surface area contributed by atoms with Crippen LogP contribution >= 0.6 is 11.3 Å². The summed E-state index contributed by atoms with van der Waals surface area (Å²) < 4.78 is 5.75. The van der Waals surface area contributed by atoms with Gasteiger partial charge in [0.05, 0.1) is 11.0 Å². The summed E-state index contributed by atoms with van der Waals surface area (Å²) >= 11 is 1.76. The second kappa shape index (κ2) is 8.46. The predicted molar refractivity (Wildman–Crippen MR) is 118 cm³/mol. The first-order chi connectivity index (χ1) is 13.6. The molecule has 1 aromatic heterocycles. The van der Waals surface area contributed by atoms with Gasteiger partial charge in [0.15, 0.2) is 0 Å². The molecule has 4 rings (SSSR count). The minimum Gasteiger partial charge on any atom is -0.491 e. The molecule has 0 amide bonds. The van der Waals surface area contributed by atoms with Crippen molar-refractivity contribution in [2.24, 2.45) is 0 Å². The fourth-order valence-corrected chi connectivity index (χ4v) is 4.53. The molecule has 0 atom stereocenters. The van der Waals surface area contributed by atoms with Gasteiger partial charge in [0, 0.05) is 18.3 Å². The van der Waals surface area contributed by atoms with E-state index in [9.17, 15) is 0 Å². The summed E-state index contributed by atoms with van der Waals surface area (Å²) in [5.74, 6) is 0.912. The Bertz CT molecular complexity index is 926. The van der Waals surface area contributed by atoms with E-state index >= 15 is 0 Å². The van der Waals surface area contributed by atoms with E-state index in [1.54, 1.807) is 11.3 Å². The Hall–Kier alpha value is -2.17. The highest BCUT2D eigenvalue weighted by Crippen LogP contribution is 2.35. The Kier molecular flexibility index (Phi) is 5.79. The van der Waals surface area contributed by atoms with Gasteiger partial charge in [0.1, 0.15) is 10.8 Å². The summed E-state index contributed by atoms with van der Waals surface area (Å²) in [7, 11) is 0. The molecule has 1 aliphatic heterocycles.